The molecule has 2 heterocycles. The first-order valence-electron chi connectivity index (χ1n) is 10.6. The van der Waals surface area contributed by atoms with Gasteiger partial charge in [0.2, 0.25) is 0 Å². The summed E-state index contributed by atoms with van der Waals surface area (Å²) < 4.78 is 6.04. The number of aliphatic imine (C=N–C) groups is 1. The lowest BCUT2D eigenvalue weighted by Crippen LogP contribution is -2.36. The Morgan fingerprint density at radius 2 is 1.93 bits per heavy atom. The van der Waals surface area contributed by atoms with Crippen LogP contribution in [-0.4, -0.2) is 54.7 Å². The number of nitrogens with zero attached hydrogens (tertiary/aromatic N) is 3. The van der Waals surface area contributed by atoms with Crippen molar-refractivity contribution in [1.82, 2.24) is 15.2 Å². The van der Waals surface area contributed by atoms with E-state index in [1.54, 1.807) is 6.20 Å². The van der Waals surface area contributed by atoms with E-state index in [0.29, 0.717) is 18.6 Å². The number of nitrogens with two attached hydrogens (primary N) is 1. The quantitative estimate of drug-likeness (QED) is 0.367. The second-order valence-electron chi connectivity index (χ2n) is 7.45. The highest BCUT2D eigenvalue weighted by atomic mass is 16.5. The molecule has 0 unspecified atom stereocenters. The normalized spacial score (nSPS) is 16.1. The molecule has 1 aromatic carbocycles. The average molecular weight is 396 g/mol. The molecule has 1 aromatic heterocycles. The van der Waals surface area contributed by atoms with E-state index in [1.807, 2.05) is 18.2 Å². The molecule has 0 bridgehead atoms. The van der Waals surface area contributed by atoms with Crippen LogP contribution in [0.25, 0.3) is 0 Å². The third kappa shape index (κ3) is 8.21. The van der Waals surface area contributed by atoms with Crippen LogP contribution in [0.2, 0.25) is 0 Å². The number of likely N-dealkylation sites (tertiary alicyclic amines) is 1. The van der Waals surface area contributed by atoms with Gasteiger partial charge in [-0.25, -0.2) is 0 Å². The van der Waals surface area contributed by atoms with Gasteiger partial charge in [0.15, 0.2) is 5.96 Å². The van der Waals surface area contributed by atoms with E-state index in [1.165, 1.54) is 5.56 Å². The Hall–Kier alpha value is -2.44. The van der Waals surface area contributed by atoms with Crippen molar-refractivity contribution in [2.45, 2.75) is 38.3 Å². The summed E-state index contributed by atoms with van der Waals surface area (Å²) in [4.78, 5) is 11.2. The van der Waals surface area contributed by atoms with Gasteiger partial charge in [0.05, 0.1) is 6.10 Å². The van der Waals surface area contributed by atoms with Gasteiger partial charge in [0.25, 0.3) is 0 Å². The Labute approximate surface area is 174 Å². The molecule has 29 heavy (non-hydrogen) atoms. The molecule has 0 atom stereocenters. The molecule has 0 aliphatic carbocycles. The molecule has 1 saturated heterocycles. The molecular formula is C23H33N5O. The maximum absolute atomic E-state index is 6.04. The lowest BCUT2D eigenvalue weighted by atomic mass is 10.1. The van der Waals surface area contributed by atoms with Gasteiger partial charge in [-0.15, -0.1) is 0 Å². The van der Waals surface area contributed by atoms with Crippen molar-refractivity contribution in [3.8, 4) is 0 Å². The van der Waals surface area contributed by atoms with Crippen molar-refractivity contribution in [2.24, 2.45) is 10.7 Å². The first kappa shape index (κ1) is 21.3. The van der Waals surface area contributed by atoms with Crippen LogP contribution < -0.4 is 11.1 Å². The lowest BCUT2D eigenvalue weighted by Gasteiger charge is -2.31. The molecule has 6 heteroatoms. The molecular weight excluding hydrogens is 362 g/mol. The van der Waals surface area contributed by atoms with Crippen LogP contribution in [0.4, 0.5) is 0 Å². The standard InChI is InChI=1S/C23H33N5O/c24-23(27-15-10-21-9-4-5-13-25-21)26-14-6-18-29-22-11-16-28(17-12-22)19-20-7-2-1-3-8-20/h1-5,7-9,13,22H,6,10-12,14-19H2,(H3,24,26,27). The van der Waals surface area contributed by atoms with Crippen LogP contribution >= 0.6 is 0 Å². The number of hydrogen-bond donors (Lipinski definition) is 2. The zero-order valence-corrected chi connectivity index (χ0v) is 17.2. The number of aromatic nitrogens is 1. The van der Waals surface area contributed by atoms with E-state index in [2.05, 4.69) is 50.5 Å². The van der Waals surface area contributed by atoms with Crippen molar-refractivity contribution in [2.75, 3.05) is 32.8 Å². The largest absolute Gasteiger partial charge is 0.378 e. The smallest absolute Gasteiger partial charge is 0.188 e. The highest BCUT2D eigenvalue weighted by Crippen LogP contribution is 2.16. The Kier molecular flexibility index (Phi) is 8.94. The summed E-state index contributed by atoms with van der Waals surface area (Å²) in [6, 6.07) is 16.6. The van der Waals surface area contributed by atoms with Crippen LogP contribution in [0.5, 0.6) is 0 Å². The number of piperidine rings is 1. The van der Waals surface area contributed by atoms with Crippen molar-refractivity contribution in [1.29, 1.82) is 0 Å². The number of pyridine rings is 1. The van der Waals surface area contributed by atoms with Crippen LogP contribution in [-0.2, 0) is 17.7 Å². The van der Waals surface area contributed by atoms with E-state index in [0.717, 1.165) is 64.2 Å². The van der Waals surface area contributed by atoms with Gasteiger partial charge in [-0.3, -0.25) is 14.9 Å². The van der Waals surface area contributed by atoms with Gasteiger partial charge in [-0.1, -0.05) is 36.4 Å². The van der Waals surface area contributed by atoms with Crippen molar-refractivity contribution in [3.63, 3.8) is 0 Å². The number of hydrogen-bond acceptors (Lipinski definition) is 4. The summed E-state index contributed by atoms with van der Waals surface area (Å²) in [7, 11) is 0. The number of rotatable bonds is 10. The molecule has 6 nitrogen and oxygen atoms in total. The molecule has 1 aliphatic rings. The minimum Gasteiger partial charge on any atom is -0.378 e. The molecule has 0 radical (unpaired) electrons. The monoisotopic (exact) mass is 395 g/mol. The number of guanidine groups is 1. The SMILES string of the molecule is NC(=NCCCOC1CCN(Cc2ccccc2)CC1)NCCc1ccccn1. The number of nitrogens with one attached hydrogen (secondary N) is 1. The van der Waals surface area contributed by atoms with E-state index >= 15 is 0 Å². The van der Waals surface area contributed by atoms with E-state index in [4.69, 9.17) is 10.5 Å². The minimum atomic E-state index is 0.375. The first-order chi connectivity index (χ1) is 14.3. The van der Waals surface area contributed by atoms with Crippen LogP contribution in [0.1, 0.15) is 30.5 Å². The summed E-state index contributed by atoms with van der Waals surface area (Å²) in [5, 5.41) is 3.14. The fourth-order valence-electron chi connectivity index (χ4n) is 3.51. The number of ether oxygens (including phenoxy) is 1. The summed E-state index contributed by atoms with van der Waals surface area (Å²) in [6.07, 6.45) is 6.12. The molecule has 156 valence electrons. The second kappa shape index (κ2) is 12.2. The summed E-state index contributed by atoms with van der Waals surface area (Å²) in [5.74, 6) is 0.496. The van der Waals surface area contributed by atoms with Crippen LogP contribution in [0, 0.1) is 0 Å². The third-order valence-electron chi connectivity index (χ3n) is 5.14. The van der Waals surface area contributed by atoms with Gasteiger partial charge in [-0.2, -0.15) is 0 Å². The van der Waals surface area contributed by atoms with Crippen molar-refractivity contribution >= 4 is 5.96 Å². The highest BCUT2D eigenvalue weighted by Gasteiger charge is 2.19. The Balaban J connectivity index is 1.21. The van der Waals surface area contributed by atoms with Gasteiger partial charge in [-0.05, 0) is 37.0 Å². The summed E-state index contributed by atoms with van der Waals surface area (Å²) >= 11 is 0. The highest BCUT2D eigenvalue weighted by molar-refractivity contribution is 5.77. The third-order valence-corrected chi connectivity index (χ3v) is 5.14. The maximum atomic E-state index is 6.04. The maximum Gasteiger partial charge on any atom is 0.188 e. The van der Waals surface area contributed by atoms with Crippen LogP contribution in [0.15, 0.2) is 59.7 Å². The van der Waals surface area contributed by atoms with E-state index in [9.17, 15) is 0 Å². The topological polar surface area (TPSA) is 75.8 Å². The van der Waals surface area contributed by atoms with Gasteiger partial charge >= 0.3 is 0 Å². The molecule has 3 rings (SSSR count). The second-order valence-corrected chi connectivity index (χ2v) is 7.45. The molecule has 2 aromatic rings. The van der Waals surface area contributed by atoms with Gasteiger partial charge < -0.3 is 15.8 Å². The van der Waals surface area contributed by atoms with E-state index < -0.39 is 0 Å². The Morgan fingerprint density at radius 3 is 2.69 bits per heavy atom. The summed E-state index contributed by atoms with van der Waals surface area (Å²) in [6.45, 7) is 5.42. The minimum absolute atomic E-state index is 0.375. The summed E-state index contributed by atoms with van der Waals surface area (Å²) in [5.41, 5.74) is 8.35. The zero-order chi connectivity index (χ0) is 20.2. The molecule has 1 aliphatic heterocycles. The average Bonchev–Trinajstić information content (AvgIpc) is 2.76. The first-order valence-corrected chi connectivity index (χ1v) is 10.6. The van der Waals surface area contributed by atoms with Gasteiger partial charge in [0, 0.05) is 57.6 Å². The Morgan fingerprint density at radius 1 is 1.14 bits per heavy atom. The zero-order valence-electron chi connectivity index (χ0n) is 17.2. The molecule has 3 N–H and O–H groups in total. The molecule has 0 spiro atoms. The Bertz CT molecular complexity index is 715. The van der Waals surface area contributed by atoms with Gasteiger partial charge in [0.1, 0.15) is 0 Å². The molecule has 1 fully saturated rings. The lowest BCUT2D eigenvalue weighted by molar-refractivity contribution is 0.00566. The van der Waals surface area contributed by atoms with Crippen LogP contribution in [0.3, 0.4) is 0 Å². The van der Waals surface area contributed by atoms with E-state index in [-0.39, 0.29) is 0 Å². The predicted molar refractivity (Wildman–Crippen MR) is 118 cm³/mol. The predicted octanol–water partition coefficient (Wildman–Crippen LogP) is 2.60. The number of benzene rings is 1. The van der Waals surface area contributed by atoms with Crippen molar-refractivity contribution in [3.05, 3.63) is 66.0 Å². The fourth-order valence-corrected chi connectivity index (χ4v) is 3.51. The van der Waals surface area contributed by atoms with Crippen molar-refractivity contribution < 1.29 is 4.74 Å². The molecule has 0 amide bonds. The fraction of sp³-hybridized carbons (Fsp3) is 0.478. The molecule has 0 saturated carbocycles.